The van der Waals surface area contributed by atoms with Gasteiger partial charge in [0.1, 0.15) is 0 Å². The fourth-order valence-electron chi connectivity index (χ4n) is 2.33. The molecule has 17 heavy (non-hydrogen) atoms. The Labute approximate surface area is 102 Å². The van der Waals surface area contributed by atoms with E-state index in [1.165, 1.54) is 0 Å². The molecule has 2 unspecified atom stereocenters. The van der Waals surface area contributed by atoms with E-state index in [0.29, 0.717) is 12.8 Å². The van der Waals surface area contributed by atoms with Crippen molar-refractivity contribution >= 4 is 9.84 Å². The van der Waals surface area contributed by atoms with Gasteiger partial charge in [-0.25, -0.2) is 8.42 Å². The van der Waals surface area contributed by atoms with Crippen LogP contribution in [0.3, 0.4) is 0 Å². The molecule has 2 atom stereocenters. The molecule has 0 saturated carbocycles. The van der Waals surface area contributed by atoms with Gasteiger partial charge in [0.2, 0.25) is 0 Å². The van der Waals surface area contributed by atoms with Crippen molar-refractivity contribution in [3.63, 3.8) is 0 Å². The molecule has 2 rings (SSSR count). The van der Waals surface area contributed by atoms with E-state index < -0.39 is 15.9 Å². The molecule has 0 spiro atoms. The first-order valence-corrected chi connectivity index (χ1v) is 7.59. The minimum absolute atomic E-state index is 0.0783. The second kappa shape index (κ2) is 4.74. The van der Waals surface area contributed by atoms with Crippen LogP contribution in [0.5, 0.6) is 0 Å². The average Bonchev–Trinajstić information content (AvgIpc) is 2.58. The second-order valence-corrected chi connectivity index (χ2v) is 6.98. The molecular weight excluding hydrogens is 238 g/mol. The zero-order chi connectivity index (χ0) is 12.5. The Kier molecular flexibility index (Phi) is 3.49. The predicted molar refractivity (Wildman–Crippen MR) is 65.3 cm³/mol. The van der Waals surface area contributed by atoms with Crippen molar-refractivity contribution in [2.75, 3.05) is 11.5 Å². The van der Waals surface area contributed by atoms with Crippen molar-refractivity contribution < 1.29 is 13.5 Å². The van der Waals surface area contributed by atoms with E-state index in [1.807, 2.05) is 13.0 Å². The highest BCUT2D eigenvalue weighted by atomic mass is 32.2. The van der Waals surface area contributed by atoms with E-state index in [-0.39, 0.29) is 17.4 Å². The van der Waals surface area contributed by atoms with Crippen molar-refractivity contribution in [3.05, 3.63) is 29.6 Å². The topological polar surface area (TPSA) is 67.3 Å². The lowest BCUT2D eigenvalue weighted by Gasteiger charge is -2.16. The van der Waals surface area contributed by atoms with Gasteiger partial charge in [0.25, 0.3) is 0 Å². The fraction of sp³-hybridized carbons (Fsp3) is 0.583. The van der Waals surface area contributed by atoms with Gasteiger partial charge in [0.15, 0.2) is 9.84 Å². The number of aliphatic hydroxyl groups is 1. The van der Waals surface area contributed by atoms with E-state index >= 15 is 0 Å². The van der Waals surface area contributed by atoms with Crippen molar-refractivity contribution in [2.24, 2.45) is 5.92 Å². The number of aromatic nitrogens is 1. The molecule has 1 saturated heterocycles. The smallest absolute Gasteiger partial charge is 0.150 e. The lowest BCUT2D eigenvalue weighted by Crippen LogP contribution is -2.10. The van der Waals surface area contributed by atoms with Crippen LogP contribution < -0.4 is 0 Å². The van der Waals surface area contributed by atoms with Crippen LogP contribution in [0.4, 0.5) is 0 Å². The minimum Gasteiger partial charge on any atom is -0.388 e. The normalized spacial score (nSPS) is 24.7. The molecule has 0 amide bonds. The average molecular weight is 255 g/mol. The van der Waals surface area contributed by atoms with Crippen LogP contribution in [0.25, 0.3) is 0 Å². The third-order valence-corrected chi connectivity index (χ3v) is 5.16. The summed E-state index contributed by atoms with van der Waals surface area (Å²) in [6.07, 6.45) is 3.90. The Morgan fingerprint density at radius 1 is 1.59 bits per heavy atom. The van der Waals surface area contributed by atoms with Crippen LogP contribution in [0.1, 0.15) is 30.1 Å². The summed E-state index contributed by atoms with van der Waals surface area (Å²) < 4.78 is 22.7. The molecule has 1 aromatic rings. The van der Waals surface area contributed by atoms with E-state index in [9.17, 15) is 13.5 Å². The SMILES string of the molecule is Cc1ccncc1C(O)CC1CCS(=O)(=O)C1. The maximum absolute atomic E-state index is 11.3. The van der Waals surface area contributed by atoms with Gasteiger partial charge in [0.05, 0.1) is 17.6 Å². The highest BCUT2D eigenvalue weighted by Gasteiger charge is 2.29. The molecule has 94 valence electrons. The quantitative estimate of drug-likeness (QED) is 0.882. The van der Waals surface area contributed by atoms with Crippen LogP contribution in [-0.2, 0) is 9.84 Å². The number of nitrogens with zero attached hydrogens (tertiary/aromatic N) is 1. The number of hydrogen-bond donors (Lipinski definition) is 1. The number of aryl methyl sites for hydroxylation is 1. The molecule has 0 aliphatic carbocycles. The molecule has 1 N–H and O–H groups in total. The first-order chi connectivity index (χ1) is 7.98. The maximum Gasteiger partial charge on any atom is 0.150 e. The zero-order valence-electron chi connectivity index (χ0n) is 9.83. The number of sulfone groups is 1. The number of aliphatic hydroxyl groups excluding tert-OH is 1. The first kappa shape index (κ1) is 12.5. The van der Waals surface area contributed by atoms with E-state index in [1.54, 1.807) is 12.4 Å². The summed E-state index contributed by atoms with van der Waals surface area (Å²) >= 11 is 0. The molecule has 1 aliphatic heterocycles. The molecule has 2 heterocycles. The highest BCUT2D eigenvalue weighted by molar-refractivity contribution is 7.91. The number of pyridine rings is 1. The molecule has 1 aliphatic rings. The summed E-state index contributed by atoms with van der Waals surface area (Å²) in [6, 6.07) is 1.85. The molecule has 1 aromatic heterocycles. The van der Waals surface area contributed by atoms with Gasteiger partial charge in [-0.1, -0.05) is 0 Å². The summed E-state index contributed by atoms with van der Waals surface area (Å²) in [5.74, 6) is 0.550. The largest absolute Gasteiger partial charge is 0.388 e. The third kappa shape index (κ3) is 3.04. The van der Waals surface area contributed by atoms with Crippen LogP contribution >= 0.6 is 0 Å². The Morgan fingerprint density at radius 2 is 2.35 bits per heavy atom. The van der Waals surface area contributed by atoms with E-state index in [0.717, 1.165) is 11.1 Å². The van der Waals surface area contributed by atoms with Crippen molar-refractivity contribution in [3.8, 4) is 0 Å². The minimum atomic E-state index is -2.86. The van der Waals surface area contributed by atoms with Gasteiger partial charge in [0, 0.05) is 18.0 Å². The van der Waals surface area contributed by atoms with Gasteiger partial charge >= 0.3 is 0 Å². The maximum atomic E-state index is 11.3. The van der Waals surface area contributed by atoms with Crippen LogP contribution in [0, 0.1) is 12.8 Å². The monoisotopic (exact) mass is 255 g/mol. The van der Waals surface area contributed by atoms with Gasteiger partial charge in [-0.15, -0.1) is 0 Å². The summed E-state index contributed by atoms with van der Waals surface area (Å²) in [5, 5.41) is 10.1. The van der Waals surface area contributed by atoms with Gasteiger partial charge in [-0.3, -0.25) is 4.98 Å². The van der Waals surface area contributed by atoms with E-state index in [4.69, 9.17) is 0 Å². The highest BCUT2D eigenvalue weighted by Crippen LogP contribution is 2.29. The summed E-state index contributed by atoms with van der Waals surface area (Å²) in [5.41, 5.74) is 1.80. The van der Waals surface area contributed by atoms with Crippen molar-refractivity contribution in [2.45, 2.75) is 25.9 Å². The standard InChI is InChI=1S/C12H17NO3S/c1-9-2-4-13-7-11(9)12(14)6-10-3-5-17(15,16)8-10/h2,4,7,10,12,14H,3,5-6,8H2,1H3. The van der Waals surface area contributed by atoms with Crippen LogP contribution in [0.2, 0.25) is 0 Å². The van der Waals surface area contributed by atoms with Crippen molar-refractivity contribution in [1.82, 2.24) is 4.98 Å². The third-order valence-electron chi connectivity index (χ3n) is 3.32. The van der Waals surface area contributed by atoms with E-state index in [2.05, 4.69) is 4.98 Å². The summed E-state index contributed by atoms with van der Waals surface area (Å²) in [7, 11) is -2.86. The van der Waals surface area contributed by atoms with Crippen molar-refractivity contribution in [1.29, 1.82) is 0 Å². The Hall–Kier alpha value is -0.940. The van der Waals surface area contributed by atoms with Gasteiger partial charge in [-0.2, -0.15) is 0 Å². The summed E-state index contributed by atoms with van der Waals surface area (Å²) in [6.45, 7) is 1.92. The summed E-state index contributed by atoms with van der Waals surface area (Å²) in [4.78, 5) is 3.99. The Balaban J connectivity index is 2.03. The number of hydrogen-bond acceptors (Lipinski definition) is 4. The number of rotatable bonds is 3. The lowest BCUT2D eigenvalue weighted by atomic mass is 9.95. The molecule has 0 bridgehead atoms. The van der Waals surface area contributed by atoms with Crippen LogP contribution in [-0.4, -0.2) is 30.0 Å². The second-order valence-electron chi connectivity index (χ2n) is 4.75. The first-order valence-electron chi connectivity index (χ1n) is 5.77. The van der Waals surface area contributed by atoms with Gasteiger partial charge in [-0.05, 0) is 37.3 Å². The predicted octanol–water partition coefficient (Wildman–Crippen LogP) is 1.25. The molecule has 5 heteroatoms. The molecular formula is C12H17NO3S. The molecule has 1 fully saturated rings. The zero-order valence-corrected chi connectivity index (χ0v) is 10.7. The van der Waals surface area contributed by atoms with Crippen LogP contribution in [0.15, 0.2) is 18.5 Å². The fourth-order valence-corrected chi connectivity index (χ4v) is 4.21. The molecule has 0 radical (unpaired) electrons. The van der Waals surface area contributed by atoms with Gasteiger partial charge < -0.3 is 5.11 Å². The molecule has 4 nitrogen and oxygen atoms in total. The lowest BCUT2D eigenvalue weighted by molar-refractivity contribution is 0.147. The Morgan fingerprint density at radius 3 is 2.94 bits per heavy atom. The Bertz CT molecular complexity index is 498. The molecule has 0 aromatic carbocycles.